The van der Waals surface area contributed by atoms with Crippen LogP contribution in [0.4, 0.5) is 11.5 Å². The number of carbonyl (C=O) groups excluding carboxylic acids is 2. The van der Waals surface area contributed by atoms with E-state index in [1.165, 1.54) is 0 Å². The van der Waals surface area contributed by atoms with Gasteiger partial charge in [0.05, 0.1) is 6.20 Å². The second-order valence-electron chi connectivity index (χ2n) is 6.75. The van der Waals surface area contributed by atoms with E-state index in [2.05, 4.69) is 15.4 Å². The highest BCUT2D eigenvalue weighted by atomic mass is 16.2. The van der Waals surface area contributed by atoms with Crippen LogP contribution in [0.15, 0.2) is 24.4 Å². The first-order valence-electron chi connectivity index (χ1n) is 7.88. The van der Waals surface area contributed by atoms with Crippen LogP contribution in [-0.2, 0) is 11.8 Å². The second-order valence-corrected chi connectivity index (χ2v) is 6.75. The Morgan fingerprint density at radius 3 is 2.71 bits per heavy atom. The van der Waals surface area contributed by atoms with E-state index >= 15 is 0 Å². The zero-order chi connectivity index (χ0) is 17.5. The van der Waals surface area contributed by atoms with Gasteiger partial charge in [-0.1, -0.05) is 19.9 Å². The number of nitrogens with zero attached hydrogens (tertiary/aromatic N) is 4. The first kappa shape index (κ1) is 16.2. The largest absolute Gasteiger partial charge is 0.316 e. The van der Waals surface area contributed by atoms with Crippen LogP contribution in [0.2, 0.25) is 0 Å². The van der Waals surface area contributed by atoms with Gasteiger partial charge in [-0.25, -0.2) is 4.98 Å². The highest BCUT2D eigenvalue weighted by Gasteiger charge is 2.41. The van der Waals surface area contributed by atoms with Crippen LogP contribution in [0.25, 0.3) is 0 Å². The molecule has 126 valence electrons. The van der Waals surface area contributed by atoms with Crippen LogP contribution >= 0.6 is 0 Å². The van der Waals surface area contributed by atoms with Crippen molar-refractivity contribution < 1.29 is 9.59 Å². The third kappa shape index (κ3) is 2.89. The molecule has 0 spiro atoms. The molecule has 3 heterocycles. The second kappa shape index (κ2) is 5.74. The van der Waals surface area contributed by atoms with Gasteiger partial charge in [0.2, 0.25) is 5.91 Å². The summed E-state index contributed by atoms with van der Waals surface area (Å²) in [6.07, 6.45) is 2.46. The molecule has 0 radical (unpaired) electrons. The van der Waals surface area contributed by atoms with Crippen molar-refractivity contribution in [3.63, 3.8) is 0 Å². The Bertz CT molecular complexity index is 809. The van der Waals surface area contributed by atoms with Crippen molar-refractivity contribution in [3.05, 3.63) is 35.8 Å². The molecule has 2 aromatic heterocycles. The van der Waals surface area contributed by atoms with Gasteiger partial charge in [-0.15, -0.1) is 0 Å². The van der Waals surface area contributed by atoms with E-state index in [1.54, 1.807) is 35.0 Å². The van der Waals surface area contributed by atoms with Crippen LogP contribution in [0.1, 0.15) is 36.5 Å². The molecule has 0 unspecified atom stereocenters. The van der Waals surface area contributed by atoms with Gasteiger partial charge in [-0.05, 0) is 25.5 Å². The lowest BCUT2D eigenvalue weighted by Gasteiger charge is -2.18. The molecule has 24 heavy (non-hydrogen) atoms. The van der Waals surface area contributed by atoms with Gasteiger partial charge in [0.25, 0.3) is 5.91 Å². The minimum atomic E-state index is -0.406. The highest BCUT2D eigenvalue weighted by molar-refractivity contribution is 6.07. The van der Waals surface area contributed by atoms with Gasteiger partial charge in [0, 0.05) is 24.7 Å². The van der Waals surface area contributed by atoms with E-state index in [1.807, 2.05) is 26.8 Å². The molecule has 1 aliphatic rings. The summed E-state index contributed by atoms with van der Waals surface area (Å²) in [4.78, 5) is 30.8. The molecule has 1 aliphatic heterocycles. The standard InChI is InChI=1S/C17H21N5O2/c1-11-6-5-7-12(18-11)15(23)19-13-10-21(4)20-14(13)22-9-8-17(2,3)16(22)24/h5-7,10H,8-9H2,1-4H3,(H,19,23). The van der Waals surface area contributed by atoms with E-state index in [-0.39, 0.29) is 11.8 Å². The molecule has 7 nitrogen and oxygen atoms in total. The maximum Gasteiger partial charge on any atom is 0.274 e. The van der Waals surface area contributed by atoms with Gasteiger partial charge in [0.15, 0.2) is 5.82 Å². The number of aromatic nitrogens is 3. The molecule has 7 heteroatoms. The molecular formula is C17H21N5O2. The third-order valence-electron chi connectivity index (χ3n) is 4.22. The van der Waals surface area contributed by atoms with Crippen molar-refractivity contribution in [2.75, 3.05) is 16.8 Å². The number of hydrogen-bond acceptors (Lipinski definition) is 4. The van der Waals surface area contributed by atoms with Gasteiger partial charge in [-0.3, -0.25) is 19.2 Å². The SMILES string of the molecule is Cc1cccc(C(=O)Nc2cn(C)nc2N2CCC(C)(C)C2=O)n1. The summed E-state index contributed by atoms with van der Waals surface area (Å²) in [5, 5.41) is 7.18. The van der Waals surface area contributed by atoms with Crippen molar-refractivity contribution in [2.24, 2.45) is 12.5 Å². The Morgan fingerprint density at radius 1 is 1.33 bits per heavy atom. The Morgan fingerprint density at radius 2 is 2.08 bits per heavy atom. The van der Waals surface area contributed by atoms with Gasteiger partial charge < -0.3 is 5.32 Å². The number of pyridine rings is 1. The van der Waals surface area contributed by atoms with Crippen molar-refractivity contribution in [1.29, 1.82) is 0 Å². The fraction of sp³-hybridized carbons (Fsp3) is 0.412. The van der Waals surface area contributed by atoms with Crippen molar-refractivity contribution in [1.82, 2.24) is 14.8 Å². The minimum absolute atomic E-state index is 0.0189. The van der Waals surface area contributed by atoms with E-state index in [0.717, 1.165) is 12.1 Å². The normalized spacial score (nSPS) is 16.5. The molecule has 2 amide bonds. The van der Waals surface area contributed by atoms with Crippen molar-refractivity contribution in [3.8, 4) is 0 Å². The minimum Gasteiger partial charge on any atom is -0.316 e. The number of aryl methyl sites for hydroxylation is 2. The molecular weight excluding hydrogens is 306 g/mol. The molecule has 2 aromatic rings. The summed E-state index contributed by atoms with van der Waals surface area (Å²) in [5.74, 6) is 0.179. The van der Waals surface area contributed by atoms with Crippen LogP contribution in [-0.4, -0.2) is 33.1 Å². The number of amides is 2. The topological polar surface area (TPSA) is 80.1 Å². The fourth-order valence-corrected chi connectivity index (χ4v) is 2.79. The summed E-state index contributed by atoms with van der Waals surface area (Å²) in [5.41, 5.74) is 1.21. The van der Waals surface area contributed by atoms with Crippen LogP contribution in [0.5, 0.6) is 0 Å². The van der Waals surface area contributed by atoms with Gasteiger partial charge in [-0.2, -0.15) is 5.10 Å². The molecule has 0 aliphatic carbocycles. The quantitative estimate of drug-likeness (QED) is 0.936. The van der Waals surface area contributed by atoms with Gasteiger partial charge in [0.1, 0.15) is 11.4 Å². The Labute approximate surface area is 140 Å². The summed E-state index contributed by atoms with van der Waals surface area (Å²) in [6, 6.07) is 5.27. The summed E-state index contributed by atoms with van der Waals surface area (Å²) < 4.78 is 1.59. The zero-order valence-electron chi connectivity index (χ0n) is 14.3. The fourth-order valence-electron chi connectivity index (χ4n) is 2.79. The molecule has 1 saturated heterocycles. The molecule has 1 N–H and O–H groups in total. The smallest absolute Gasteiger partial charge is 0.274 e. The molecule has 0 atom stereocenters. The predicted octanol–water partition coefficient (Wildman–Crippen LogP) is 2.14. The predicted molar refractivity (Wildman–Crippen MR) is 90.9 cm³/mol. The number of hydrogen-bond donors (Lipinski definition) is 1. The number of nitrogens with one attached hydrogen (secondary N) is 1. The Kier molecular flexibility index (Phi) is 3.87. The lowest BCUT2D eigenvalue weighted by atomic mass is 9.92. The molecule has 0 aromatic carbocycles. The zero-order valence-corrected chi connectivity index (χ0v) is 14.3. The average molecular weight is 327 g/mol. The third-order valence-corrected chi connectivity index (χ3v) is 4.22. The number of rotatable bonds is 3. The molecule has 0 bridgehead atoms. The van der Waals surface area contributed by atoms with Crippen LogP contribution < -0.4 is 10.2 Å². The van der Waals surface area contributed by atoms with Crippen molar-refractivity contribution >= 4 is 23.3 Å². The molecule has 0 saturated carbocycles. The van der Waals surface area contributed by atoms with E-state index in [9.17, 15) is 9.59 Å². The average Bonchev–Trinajstić information content (AvgIpc) is 2.99. The van der Waals surface area contributed by atoms with Crippen molar-refractivity contribution in [2.45, 2.75) is 27.2 Å². The lowest BCUT2D eigenvalue weighted by Crippen LogP contribution is -2.32. The maximum absolute atomic E-state index is 12.5. The highest BCUT2D eigenvalue weighted by Crippen LogP contribution is 2.36. The summed E-state index contributed by atoms with van der Waals surface area (Å²) in [7, 11) is 1.76. The Balaban J connectivity index is 1.88. The van der Waals surface area contributed by atoms with Gasteiger partial charge >= 0.3 is 0 Å². The van der Waals surface area contributed by atoms with E-state index in [0.29, 0.717) is 23.7 Å². The number of carbonyl (C=O) groups is 2. The first-order valence-corrected chi connectivity index (χ1v) is 7.88. The van der Waals surface area contributed by atoms with E-state index in [4.69, 9.17) is 0 Å². The van der Waals surface area contributed by atoms with Crippen LogP contribution in [0.3, 0.4) is 0 Å². The van der Waals surface area contributed by atoms with E-state index < -0.39 is 5.41 Å². The number of anilines is 2. The summed E-state index contributed by atoms with van der Waals surface area (Å²) >= 11 is 0. The van der Waals surface area contributed by atoms with Crippen LogP contribution in [0, 0.1) is 12.3 Å². The first-order chi connectivity index (χ1) is 11.3. The lowest BCUT2D eigenvalue weighted by molar-refractivity contribution is -0.124. The Hall–Kier alpha value is -2.70. The molecule has 3 rings (SSSR count). The monoisotopic (exact) mass is 327 g/mol. The summed E-state index contributed by atoms with van der Waals surface area (Å²) in [6.45, 7) is 6.27. The maximum atomic E-state index is 12.5. The molecule has 1 fully saturated rings.